The second-order valence-electron chi connectivity index (χ2n) is 5.54. The summed E-state index contributed by atoms with van der Waals surface area (Å²) in [5.41, 5.74) is 0.858. The SMILES string of the molecule is COC(=O)c1c(C)[nH]c(C(=O)COC(=O)c2ccc(Br)c([N+](=O)[O-])c2)c1C. The number of carbonyl (C=O) groups excluding carboxylic acids is 3. The Morgan fingerprint density at radius 3 is 2.48 bits per heavy atom. The van der Waals surface area contributed by atoms with Crippen LogP contribution < -0.4 is 0 Å². The average Bonchev–Trinajstić information content (AvgIpc) is 2.93. The number of H-pyrrole nitrogens is 1. The van der Waals surface area contributed by atoms with E-state index in [0.29, 0.717) is 11.3 Å². The molecule has 0 saturated carbocycles. The van der Waals surface area contributed by atoms with Crippen molar-refractivity contribution in [2.75, 3.05) is 13.7 Å². The first-order chi connectivity index (χ1) is 12.7. The zero-order valence-corrected chi connectivity index (χ0v) is 16.2. The third-order valence-electron chi connectivity index (χ3n) is 3.82. The number of hydrogen-bond donors (Lipinski definition) is 1. The van der Waals surface area contributed by atoms with Crippen molar-refractivity contribution in [1.82, 2.24) is 4.98 Å². The van der Waals surface area contributed by atoms with Crippen molar-refractivity contribution in [2.24, 2.45) is 0 Å². The largest absolute Gasteiger partial charge is 0.465 e. The summed E-state index contributed by atoms with van der Waals surface area (Å²) in [4.78, 5) is 49.2. The fourth-order valence-corrected chi connectivity index (χ4v) is 2.89. The molecule has 1 heterocycles. The smallest absolute Gasteiger partial charge is 0.339 e. The Balaban J connectivity index is 2.14. The Morgan fingerprint density at radius 2 is 1.89 bits per heavy atom. The van der Waals surface area contributed by atoms with Crippen molar-refractivity contribution in [2.45, 2.75) is 13.8 Å². The summed E-state index contributed by atoms with van der Waals surface area (Å²) in [6.45, 7) is 2.59. The van der Waals surface area contributed by atoms with Gasteiger partial charge in [-0.05, 0) is 47.5 Å². The Labute approximate surface area is 161 Å². The highest BCUT2D eigenvalue weighted by molar-refractivity contribution is 9.10. The number of esters is 2. The number of rotatable bonds is 6. The predicted molar refractivity (Wildman–Crippen MR) is 97.0 cm³/mol. The van der Waals surface area contributed by atoms with E-state index in [1.54, 1.807) is 13.8 Å². The third kappa shape index (κ3) is 4.22. The maximum atomic E-state index is 12.3. The molecule has 0 aliphatic carbocycles. The molecule has 0 saturated heterocycles. The molecule has 0 aliphatic rings. The number of carbonyl (C=O) groups is 3. The van der Waals surface area contributed by atoms with E-state index in [-0.39, 0.29) is 27.0 Å². The Hall–Kier alpha value is -3.01. The van der Waals surface area contributed by atoms with Gasteiger partial charge >= 0.3 is 11.9 Å². The van der Waals surface area contributed by atoms with Crippen LogP contribution in [0.2, 0.25) is 0 Å². The van der Waals surface area contributed by atoms with E-state index in [1.165, 1.54) is 19.2 Å². The lowest BCUT2D eigenvalue weighted by atomic mass is 10.1. The minimum Gasteiger partial charge on any atom is -0.465 e. The van der Waals surface area contributed by atoms with E-state index in [4.69, 9.17) is 4.74 Å². The molecule has 0 amide bonds. The standard InChI is InChI=1S/C17H15BrN2O7/c1-8-14(17(23)26-3)9(2)19-15(8)13(21)7-27-16(22)10-4-5-11(18)12(6-10)20(24)25/h4-6,19H,7H2,1-3H3. The van der Waals surface area contributed by atoms with Gasteiger partial charge in [0, 0.05) is 11.8 Å². The van der Waals surface area contributed by atoms with E-state index >= 15 is 0 Å². The molecule has 0 fully saturated rings. The van der Waals surface area contributed by atoms with Gasteiger partial charge in [0.1, 0.15) is 0 Å². The highest BCUT2D eigenvalue weighted by Crippen LogP contribution is 2.26. The van der Waals surface area contributed by atoms with E-state index in [1.807, 2.05) is 0 Å². The molecule has 0 aliphatic heterocycles. The number of nitro benzene ring substituents is 1. The monoisotopic (exact) mass is 438 g/mol. The van der Waals surface area contributed by atoms with Crippen LogP contribution in [-0.4, -0.2) is 41.3 Å². The van der Waals surface area contributed by atoms with Crippen molar-refractivity contribution in [3.8, 4) is 0 Å². The van der Waals surface area contributed by atoms with Gasteiger partial charge in [-0.3, -0.25) is 14.9 Å². The number of aryl methyl sites for hydroxylation is 1. The first-order valence-electron chi connectivity index (χ1n) is 7.59. The maximum absolute atomic E-state index is 12.3. The minimum atomic E-state index is -0.881. The lowest BCUT2D eigenvalue weighted by molar-refractivity contribution is -0.385. The van der Waals surface area contributed by atoms with Gasteiger partial charge in [-0.25, -0.2) is 9.59 Å². The van der Waals surface area contributed by atoms with Crippen LogP contribution in [0.15, 0.2) is 22.7 Å². The van der Waals surface area contributed by atoms with Crippen LogP contribution in [0.3, 0.4) is 0 Å². The lowest BCUT2D eigenvalue weighted by Gasteiger charge is -2.05. The molecular weight excluding hydrogens is 424 g/mol. The number of nitrogens with one attached hydrogen (secondary N) is 1. The summed E-state index contributed by atoms with van der Waals surface area (Å²) in [6, 6.07) is 3.73. The molecule has 0 radical (unpaired) electrons. The zero-order chi connectivity index (χ0) is 20.3. The van der Waals surface area contributed by atoms with Crippen molar-refractivity contribution in [3.63, 3.8) is 0 Å². The molecule has 0 atom stereocenters. The van der Waals surface area contributed by atoms with Crippen LogP contribution in [0.5, 0.6) is 0 Å². The van der Waals surface area contributed by atoms with Gasteiger partial charge in [-0.15, -0.1) is 0 Å². The van der Waals surface area contributed by atoms with Crippen molar-refractivity contribution in [3.05, 3.63) is 60.9 Å². The average molecular weight is 439 g/mol. The van der Waals surface area contributed by atoms with Crippen LogP contribution in [-0.2, 0) is 9.47 Å². The molecule has 10 heteroatoms. The fourth-order valence-electron chi connectivity index (χ4n) is 2.50. The number of benzene rings is 1. The van der Waals surface area contributed by atoms with Crippen molar-refractivity contribution in [1.29, 1.82) is 0 Å². The van der Waals surface area contributed by atoms with E-state index in [0.717, 1.165) is 6.07 Å². The van der Waals surface area contributed by atoms with Gasteiger partial charge < -0.3 is 14.5 Å². The molecule has 1 aromatic carbocycles. The van der Waals surface area contributed by atoms with Crippen molar-refractivity contribution < 1.29 is 28.8 Å². The molecule has 142 valence electrons. The van der Waals surface area contributed by atoms with Gasteiger partial charge in [0.15, 0.2) is 6.61 Å². The van der Waals surface area contributed by atoms with E-state index < -0.39 is 29.3 Å². The first kappa shape index (κ1) is 20.3. The molecule has 2 rings (SSSR count). The quantitative estimate of drug-likeness (QED) is 0.317. The van der Waals surface area contributed by atoms with Crippen LogP contribution >= 0.6 is 15.9 Å². The number of hydrogen-bond acceptors (Lipinski definition) is 7. The zero-order valence-electron chi connectivity index (χ0n) is 14.6. The summed E-state index contributed by atoms with van der Waals surface area (Å²) < 4.78 is 9.84. The Kier molecular flexibility index (Phi) is 6.11. The molecule has 9 nitrogen and oxygen atoms in total. The van der Waals surface area contributed by atoms with Gasteiger partial charge in [-0.1, -0.05) is 0 Å². The number of ether oxygens (including phenoxy) is 2. The third-order valence-corrected chi connectivity index (χ3v) is 4.49. The summed E-state index contributed by atoms with van der Waals surface area (Å²) in [5.74, 6) is -2.02. The number of aromatic nitrogens is 1. The van der Waals surface area contributed by atoms with E-state index in [9.17, 15) is 24.5 Å². The number of methoxy groups -OCH3 is 1. The number of Topliss-reactive ketones (excluding diaryl/α,β-unsaturated/α-hetero) is 1. The summed E-state index contributed by atoms with van der Waals surface area (Å²) in [7, 11) is 1.23. The molecule has 0 bridgehead atoms. The molecule has 0 unspecified atom stereocenters. The number of nitrogens with zero attached hydrogens (tertiary/aromatic N) is 1. The van der Waals surface area contributed by atoms with Crippen LogP contribution in [0.4, 0.5) is 5.69 Å². The molecule has 0 spiro atoms. The molecule has 27 heavy (non-hydrogen) atoms. The van der Waals surface area contributed by atoms with Gasteiger partial charge in [0.05, 0.1) is 33.3 Å². The second-order valence-corrected chi connectivity index (χ2v) is 6.39. The van der Waals surface area contributed by atoms with Gasteiger partial charge in [0.2, 0.25) is 5.78 Å². The van der Waals surface area contributed by atoms with Crippen molar-refractivity contribution >= 4 is 39.3 Å². The van der Waals surface area contributed by atoms with Crippen LogP contribution in [0, 0.1) is 24.0 Å². The second kappa shape index (κ2) is 8.12. The molecular formula is C17H15BrN2O7. The predicted octanol–water partition coefficient (Wildman–Crippen LogP) is 3.13. The molecule has 2 aromatic rings. The van der Waals surface area contributed by atoms with Gasteiger partial charge in [-0.2, -0.15) is 0 Å². The highest BCUT2D eigenvalue weighted by Gasteiger charge is 2.24. The van der Waals surface area contributed by atoms with E-state index in [2.05, 4.69) is 25.7 Å². The Morgan fingerprint density at radius 1 is 1.22 bits per heavy atom. The maximum Gasteiger partial charge on any atom is 0.339 e. The molecule has 1 aromatic heterocycles. The number of ketones is 1. The number of nitro groups is 1. The number of halogens is 1. The minimum absolute atomic E-state index is 0.0626. The normalized spacial score (nSPS) is 10.4. The topological polar surface area (TPSA) is 129 Å². The Bertz CT molecular complexity index is 949. The summed E-state index contributed by atoms with van der Waals surface area (Å²) >= 11 is 3.02. The molecule has 1 N–H and O–H groups in total. The number of aromatic amines is 1. The fraction of sp³-hybridized carbons (Fsp3) is 0.235. The van der Waals surface area contributed by atoms with Crippen LogP contribution in [0.25, 0.3) is 0 Å². The first-order valence-corrected chi connectivity index (χ1v) is 8.38. The highest BCUT2D eigenvalue weighted by atomic mass is 79.9. The summed E-state index contributed by atoms with van der Waals surface area (Å²) in [5, 5.41) is 10.9. The lowest BCUT2D eigenvalue weighted by Crippen LogP contribution is -2.16. The van der Waals surface area contributed by atoms with Crippen LogP contribution in [0.1, 0.15) is 42.5 Å². The summed E-state index contributed by atoms with van der Waals surface area (Å²) in [6.07, 6.45) is 0. The van der Waals surface area contributed by atoms with Gasteiger partial charge in [0.25, 0.3) is 5.69 Å².